The molecule has 0 radical (unpaired) electrons. The third-order valence-corrected chi connectivity index (χ3v) is 3.91. The standard InChI is InChI=1S/C14H6Cl4/c15-9-1-7-3-12-8(2-10(16)6-14(12)18)4-11(7)13(17)5-9/h1-6H. The molecule has 0 saturated carbocycles. The second-order valence-electron chi connectivity index (χ2n) is 4.07. The summed E-state index contributed by atoms with van der Waals surface area (Å²) >= 11 is 24.4. The molecule has 0 fully saturated rings. The van der Waals surface area contributed by atoms with E-state index in [9.17, 15) is 0 Å². The first-order chi connectivity index (χ1) is 8.54. The van der Waals surface area contributed by atoms with E-state index in [1.165, 1.54) is 0 Å². The van der Waals surface area contributed by atoms with E-state index in [4.69, 9.17) is 46.4 Å². The van der Waals surface area contributed by atoms with Gasteiger partial charge in [-0.1, -0.05) is 46.4 Å². The van der Waals surface area contributed by atoms with Gasteiger partial charge in [0.15, 0.2) is 0 Å². The summed E-state index contributed by atoms with van der Waals surface area (Å²) in [6.45, 7) is 0. The third-order valence-electron chi connectivity index (χ3n) is 2.85. The Morgan fingerprint density at radius 1 is 0.500 bits per heavy atom. The Morgan fingerprint density at radius 3 is 1.28 bits per heavy atom. The molecular formula is C14H6Cl4. The molecule has 0 aliphatic heterocycles. The van der Waals surface area contributed by atoms with Crippen molar-refractivity contribution in [2.75, 3.05) is 0 Å². The Hall–Kier alpha value is -0.660. The van der Waals surface area contributed by atoms with Crippen molar-refractivity contribution >= 4 is 67.9 Å². The van der Waals surface area contributed by atoms with E-state index in [1.54, 1.807) is 12.1 Å². The lowest BCUT2D eigenvalue weighted by Crippen LogP contribution is -1.80. The molecule has 0 heterocycles. The summed E-state index contributed by atoms with van der Waals surface area (Å²) in [4.78, 5) is 0. The highest BCUT2D eigenvalue weighted by atomic mass is 35.5. The molecule has 4 heteroatoms. The van der Waals surface area contributed by atoms with E-state index < -0.39 is 0 Å². The highest BCUT2D eigenvalue weighted by Crippen LogP contribution is 2.35. The van der Waals surface area contributed by atoms with Crippen LogP contribution in [0.15, 0.2) is 36.4 Å². The molecule has 0 bridgehead atoms. The fourth-order valence-corrected chi connectivity index (χ4v) is 3.19. The lowest BCUT2D eigenvalue weighted by Gasteiger charge is -2.07. The van der Waals surface area contributed by atoms with Gasteiger partial charge in [-0.05, 0) is 47.2 Å². The maximum absolute atomic E-state index is 6.19. The van der Waals surface area contributed by atoms with E-state index in [2.05, 4.69) is 0 Å². The van der Waals surface area contributed by atoms with Crippen molar-refractivity contribution in [1.82, 2.24) is 0 Å². The molecule has 0 unspecified atom stereocenters. The summed E-state index contributed by atoms with van der Waals surface area (Å²) in [6, 6.07) is 11.1. The molecule has 3 aromatic carbocycles. The van der Waals surface area contributed by atoms with Crippen molar-refractivity contribution in [1.29, 1.82) is 0 Å². The molecule has 18 heavy (non-hydrogen) atoms. The van der Waals surface area contributed by atoms with Crippen molar-refractivity contribution in [2.24, 2.45) is 0 Å². The van der Waals surface area contributed by atoms with Gasteiger partial charge in [-0.3, -0.25) is 0 Å². The minimum Gasteiger partial charge on any atom is -0.0843 e. The van der Waals surface area contributed by atoms with Gasteiger partial charge >= 0.3 is 0 Å². The molecule has 0 atom stereocenters. The van der Waals surface area contributed by atoms with Gasteiger partial charge in [-0.15, -0.1) is 0 Å². The van der Waals surface area contributed by atoms with Crippen LogP contribution in [0, 0.1) is 0 Å². The van der Waals surface area contributed by atoms with Gasteiger partial charge in [-0.2, -0.15) is 0 Å². The SMILES string of the molecule is Clc1cc(Cl)c2cc3cc(Cl)cc(Cl)c3cc2c1. The van der Waals surface area contributed by atoms with Gasteiger partial charge in [0.2, 0.25) is 0 Å². The molecule has 0 spiro atoms. The Balaban J connectivity index is 2.51. The smallest absolute Gasteiger partial charge is 0.0499 e. The van der Waals surface area contributed by atoms with Crippen molar-refractivity contribution < 1.29 is 0 Å². The van der Waals surface area contributed by atoms with E-state index in [0.717, 1.165) is 21.5 Å². The number of hydrogen-bond acceptors (Lipinski definition) is 0. The van der Waals surface area contributed by atoms with Gasteiger partial charge in [-0.25, -0.2) is 0 Å². The van der Waals surface area contributed by atoms with Crippen molar-refractivity contribution in [3.05, 3.63) is 56.5 Å². The second kappa shape index (κ2) is 4.47. The molecule has 3 aromatic rings. The van der Waals surface area contributed by atoms with Crippen LogP contribution < -0.4 is 0 Å². The highest BCUT2D eigenvalue weighted by molar-refractivity contribution is 6.41. The maximum atomic E-state index is 6.19. The summed E-state index contributed by atoms with van der Waals surface area (Å²) < 4.78 is 0. The molecular weight excluding hydrogens is 310 g/mol. The van der Waals surface area contributed by atoms with Crippen LogP contribution in [0.25, 0.3) is 21.5 Å². The molecule has 90 valence electrons. The van der Waals surface area contributed by atoms with Gasteiger partial charge in [0, 0.05) is 30.9 Å². The first-order valence-corrected chi connectivity index (χ1v) is 6.73. The molecule has 0 aliphatic carbocycles. The Bertz CT molecular complexity index is 710. The first kappa shape index (κ1) is 12.4. The van der Waals surface area contributed by atoms with Crippen LogP contribution in [-0.2, 0) is 0 Å². The number of hydrogen-bond donors (Lipinski definition) is 0. The van der Waals surface area contributed by atoms with Crippen LogP contribution in [0.2, 0.25) is 20.1 Å². The summed E-state index contributed by atoms with van der Waals surface area (Å²) in [6.07, 6.45) is 0. The molecule has 0 aliphatic rings. The normalized spacial score (nSPS) is 11.3. The average molecular weight is 316 g/mol. The van der Waals surface area contributed by atoms with E-state index >= 15 is 0 Å². The Labute approximate surface area is 124 Å². The van der Waals surface area contributed by atoms with Gasteiger partial charge in [0.1, 0.15) is 0 Å². The zero-order valence-electron chi connectivity index (χ0n) is 8.98. The van der Waals surface area contributed by atoms with Crippen molar-refractivity contribution in [3.63, 3.8) is 0 Å². The maximum Gasteiger partial charge on any atom is 0.0499 e. The Kier molecular flexibility index (Phi) is 3.07. The summed E-state index contributed by atoms with van der Waals surface area (Å²) in [7, 11) is 0. The van der Waals surface area contributed by atoms with E-state index in [-0.39, 0.29) is 0 Å². The topological polar surface area (TPSA) is 0 Å². The van der Waals surface area contributed by atoms with Gasteiger partial charge in [0.05, 0.1) is 0 Å². The second-order valence-corrected chi connectivity index (χ2v) is 5.76. The van der Waals surface area contributed by atoms with Crippen molar-refractivity contribution in [3.8, 4) is 0 Å². The third kappa shape index (κ3) is 2.04. The molecule has 0 N–H and O–H groups in total. The lowest BCUT2D eigenvalue weighted by atomic mass is 10.0. The van der Waals surface area contributed by atoms with Crippen molar-refractivity contribution in [2.45, 2.75) is 0 Å². The first-order valence-electron chi connectivity index (χ1n) is 5.22. The predicted octanol–water partition coefficient (Wildman–Crippen LogP) is 6.61. The van der Waals surface area contributed by atoms with Crippen LogP contribution in [0.1, 0.15) is 0 Å². The van der Waals surface area contributed by atoms with E-state index in [1.807, 2.05) is 24.3 Å². The largest absolute Gasteiger partial charge is 0.0843 e. The number of fused-ring (bicyclic) bond motifs is 2. The minimum absolute atomic E-state index is 0.608. The highest BCUT2D eigenvalue weighted by Gasteiger charge is 2.07. The van der Waals surface area contributed by atoms with Gasteiger partial charge in [0.25, 0.3) is 0 Å². The molecule has 0 amide bonds. The number of benzene rings is 3. The lowest BCUT2D eigenvalue weighted by molar-refractivity contribution is 1.76. The zero-order chi connectivity index (χ0) is 12.9. The van der Waals surface area contributed by atoms with Crippen LogP contribution in [-0.4, -0.2) is 0 Å². The number of halogens is 4. The quantitative estimate of drug-likeness (QED) is 0.410. The summed E-state index contributed by atoms with van der Waals surface area (Å²) in [5.41, 5.74) is 0. The fraction of sp³-hybridized carbons (Fsp3) is 0. The van der Waals surface area contributed by atoms with E-state index in [0.29, 0.717) is 20.1 Å². The summed E-state index contributed by atoms with van der Waals surface area (Å²) in [5.74, 6) is 0. The monoisotopic (exact) mass is 314 g/mol. The molecule has 0 aromatic heterocycles. The fourth-order valence-electron chi connectivity index (χ4n) is 2.06. The number of rotatable bonds is 0. The average Bonchev–Trinajstić information content (AvgIpc) is 2.27. The molecule has 0 nitrogen and oxygen atoms in total. The minimum atomic E-state index is 0.608. The van der Waals surface area contributed by atoms with Gasteiger partial charge < -0.3 is 0 Å². The predicted molar refractivity (Wildman–Crippen MR) is 81.5 cm³/mol. The zero-order valence-corrected chi connectivity index (χ0v) is 12.0. The molecule has 0 saturated heterocycles. The molecule has 3 rings (SSSR count). The van der Waals surface area contributed by atoms with Crippen LogP contribution in [0.3, 0.4) is 0 Å². The Morgan fingerprint density at radius 2 is 0.889 bits per heavy atom. The summed E-state index contributed by atoms with van der Waals surface area (Å²) in [5, 5.41) is 6.26. The van der Waals surface area contributed by atoms with Crippen LogP contribution in [0.4, 0.5) is 0 Å². The van der Waals surface area contributed by atoms with Crippen LogP contribution >= 0.6 is 46.4 Å². The van der Waals surface area contributed by atoms with Crippen LogP contribution in [0.5, 0.6) is 0 Å².